The molecule has 0 saturated heterocycles. The summed E-state index contributed by atoms with van der Waals surface area (Å²) in [5.74, 6) is -0.958. The smallest absolute Gasteiger partial charge is 0.315 e. The van der Waals surface area contributed by atoms with E-state index in [-0.39, 0.29) is 24.0 Å². The van der Waals surface area contributed by atoms with Gasteiger partial charge in [-0.3, -0.25) is 4.79 Å². The molecule has 1 rings (SSSR count). The van der Waals surface area contributed by atoms with Gasteiger partial charge in [0.25, 0.3) is 0 Å². The Morgan fingerprint density at radius 1 is 1.25 bits per heavy atom. The SMILES string of the molecule is CC(CCN(C)C)NC(=O)NC1CCC(C(=O)O)CC1. The van der Waals surface area contributed by atoms with Crippen LogP contribution in [0.4, 0.5) is 4.79 Å². The molecule has 0 aromatic rings. The number of carbonyl (C=O) groups excluding carboxylic acids is 1. The van der Waals surface area contributed by atoms with Gasteiger partial charge in [-0.2, -0.15) is 0 Å². The minimum Gasteiger partial charge on any atom is -0.481 e. The van der Waals surface area contributed by atoms with Crippen molar-refractivity contribution in [3.05, 3.63) is 0 Å². The third-order valence-electron chi connectivity index (χ3n) is 3.80. The van der Waals surface area contributed by atoms with Gasteiger partial charge in [-0.1, -0.05) is 0 Å². The van der Waals surface area contributed by atoms with Crippen molar-refractivity contribution in [3.8, 4) is 0 Å². The Kier molecular flexibility index (Phi) is 6.78. The van der Waals surface area contributed by atoms with Crippen molar-refractivity contribution < 1.29 is 14.7 Å². The summed E-state index contributed by atoms with van der Waals surface area (Å²) in [6.45, 7) is 2.93. The monoisotopic (exact) mass is 285 g/mol. The molecule has 1 unspecified atom stereocenters. The van der Waals surface area contributed by atoms with Crippen molar-refractivity contribution in [2.24, 2.45) is 5.92 Å². The largest absolute Gasteiger partial charge is 0.481 e. The second-order valence-corrected chi connectivity index (χ2v) is 6.00. The van der Waals surface area contributed by atoms with Crippen LogP contribution in [0.25, 0.3) is 0 Å². The van der Waals surface area contributed by atoms with Gasteiger partial charge in [0.15, 0.2) is 0 Å². The molecule has 1 saturated carbocycles. The Morgan fingerprint density at radius 2 is 1.85 bits per heavy atom. The Labute approximate surface area is 120 Å². The normalized spacial score (nSPS) is 24.2. The lowest BCUT2D eigenvalue weighted by molar-refractivity contribution is -0.142. The summed E-state index contributed by atoms with van der Waals surface area (Å²) in [4.78, 5) is 24.8. The van der Waals surface area contributed by atoms with Crippen LogP contribution >= 0.6 is 0 Å². The molecule has 1 aliphatic rings. The number of urea groups is 1. The summed E-state index contributed by atoms with van der Waals surface area (Å²) in [5, 5.41) is 14.8. The molecule has 3 N–H and O–H groups in total. The van der Waals surface area contributed by atoms with Crippen molar-refractivity contribution in [2.75, 3.05) is 20.6 Å². The second kappa shape index (κ2) is 8.09. The number of aliphatic carboxylic acids is 1. The average Bonchev–Trinajstić information content (AvgIpc) is 2.36. The first-order chi connectivity index (χ1) is 9.38. The minimum absolute atomic E-state index is 0.103. The zero-order valence-electron chi connectivity index (χ0n) is 12.7. The van der Waals surface area contributed by atoms with E-state index >= 15 is 0 Å². The molecule has 0 aromatic heterocycles. The summed E-state index contributed by atoms with van der Waals surface area (Å²) in [6, 6.07) is 0.0921. The molecule has 1 fully saturated rings. The Bertz CT molecular complexity index is 326. The number of nitrogens with zero attached hydrogens (tertiary/aromatic N) is 1. The predicted octanol–water partition coefficient (Wildman–Crippen LogP) is 1.27. The molecule has 0 aromatic carbocycles. The maximum absolute atomic E-state index is 11.8. The maximum atomic E-state index is 11.8. The third-order valence-corrected chi connectivity index (χ3v) is 3.80. The van der Waals surface area contributed by atoms with Crippen molar-refractivity contribution >= 4 is 12.0 Å². The number of carbonyl (C=O) groups is 2. The van der Waals surface area contributed by atoms with Crippen LogP contribution in [0.5, 0.6) is 0 Å². The predicted molar refractivity (Wildman–Crippen MR) is 77.7 cm³/mol. The first kappa shape index (κ1) is 16.8. The number of hydrogen-bond acceptors (Lipinski definition) is 3. The molecule has 20 heavy (non-hydrogen) atoms. The van der Waals surface area contributed by atoms with E-state index in [0.29, 0.717) is 12.8 Å². The number of hydrogen-bond donors (Lipinski definition) is 3. The molecule has 0 heterocycles. The van der Waals surface area contributed by atoms with Crippen LogP contribution < -0.4 is 10.6 Å². The Morgan fingerprint density at radius 3 is 2.35 bits per heavy atom. The summed E-state index contributed by atoms with van der Waals surface area (Å²) in [6.07, 6.45) is 3.70. The molecule has 0 aliphatic heterocycles. The van der Waals surface area contributed by atoms with E-state index in [9.17, 15) is 9.59 Å². The quantitative estimate of drug-likeness (QED) is 0.686. The van der Waals surface area contributed by atoms with Crippen LogP contribution in [0, 0.1) is 5.92 Å². The van der Waals surface area contributed by atoms with Crippen LogP contribution in [0.2, 0.25) is 0 Å². The van der Waals surface area contributed by atoms with Gasteiger partial charge in [-0.05, 0) is 59.7 Å². The van der Waals surface area contributed by atoms with Crippen LogP contribution in [0.15, 0.2) is 0 Å². The third kappa shape index (κ3) is 6.23. The summed E-state index contributed by atoms with van der Waals surface area (Å²) >= 11 is 0. The Hall–Kier alpha value is -1.30. The van der Waals surface area contributed by atoms with Gasteiger partial charge >= 0.3 is 12.0 Å². The fraction of sp³-hybridized carbons (Fsp3) is 0.857. The van der Waals surface area contributed by atoms with E-state index in [1.54, 1.807) is 0 Å². The number of amides is 2. The van der Waals surface area contributed by atoms with E-state index in [0.717, 1.165) is 25.8 Å². The number of carboxylic acid groups (broad SMARTS) is 1. The summed E-state index contributed by atoms with van der Waals surface area (Å²) in [5.41, 5.74) is 0. The van der Waals surface area contributed by atoms with Gasteiger partial charge in [0.2, 0.25) is 0 Å². The van der Waals surface area contributed by atoms with Crippen LogP contribution in [0.1, 0.15) is 39.0 Å². The molecular formula is C14H27N3O3. The van der Waals surface area contributed by atoms with Crippen LogP contribution in [0.3, 0.4) is 0 Å². The minimum atomic E-state index is -0.717. The molecule has 0 radical (unpaired) electrons. The number of nitrogens with one attached hydrogen (secondary N) is 2. The van der Waals surface area contributed by atoms with Gasteiger partial charge in [0, 0.05) is 12.1 Å². The first-order valence-corrected chi connectivity index (χ1v) is 7.33. The lowest BCUT2D eigenvalue weighted by Gasteiger charge is -2.27. The molecule has 0 bridgehead atoms. The van der Waals surface area contributed by atoms with Crippen LogP contribution in [-0.2, 0) is 4.79 Å². The Balaban J connectivity index is 2.21. The highest BCUT2D eigenvalue weighted by Crippen LogP contribution is 2.24. The second-order valence-electron chi connectivity index (χ2n) is 6.00. The number of carboxylic acids is 1. The van der Waals surface area contributed by atoms with Crippen molar-refractivity contribution in [1.29, 1.82) is 0 Å². The number of rotatable bonds is 6. The average molecular weight is 285 g/mol. The zero-order chi connectivity index (χ0) is 15.1. The van der Waals surface area contributed by atoms with Gasteiger partial charge in [0.05, 0.1) is 5.92 Å². The molecule has 1 aliphatic carbocycles. The standard InChI is InChI=1S/C14H27N3O3/c1-10(8-9-17(2)3)15-14(20)16-12-6-4-11(5-7-12)13(18)19/h10-12H,4-9H2,1-3H3,(H,18,19)(H2,15,16,20). The van der Waals surface area contributed by atoms with E-state index in [1.165, 1.54) is 0 Å². The summed E-state index contributed by atoms with van der Waals surface area (Å²) < 4.78 is 0. The highest BCUT2D eigenvalue weighted by atomic mass is 16.4. The van der Waals surface area contributed by atoms with Crippen molar-refractivity contribution in [2.45, 2.75) is 51.1 Å². The fourth-order valence-electron chi connectivity index (χ4n) is 2.46. The molecule has 1 atom stereocenters. The molecule has 0 spiro atoms. The zero-order valence-corrected chi connectivity index (χ0v) is 12.7. The highest BCUT2D eigenvalue weighted by Gasteiger charge is 2.26. The van der Waals surface area contributed by atoms with E-state index in [4.69, 9.17) is 5.11 Å². The lowest BCUT2D eigenvalue weighted by Crippen LogP contribution is -2.47. The maximum Gasteiger partial charge on any atom is 0.315 e. The molecular weight excluding hydrogens is 258 g/mol. The van der Waals surface area contributed by atoms with E-state index in [2.05, 4.69) is 15.5 Å². The molecule has 2 amide bonds. The highest BCUT2D eigenvalue weighted by molar-refractivity contribution is 5.74. The lowest BCUT2D eigenvalue weighted by atomic mass is 9.86. The summed E-state index contributed by atoms with van der Waals surface area (Å²) in [7, 11) is 4.02. The first-order valence-electron chi connectivity index (χ1n) is 7.33. The van der Waals surface area contributed by atoms with Gasteiger partial charge in [-0.25, -0.2) is 4.79 Å². The molecule has 6 heteroatoms. The topological polar surface area (TPSA) is 81.7 Å². The van der Waals surface area contributed by atoms with Crippen molar-refractivity contribution in [1.82, 2.24) is 15.5 Å². The van der Waals surface area contributed by atoms with Crippen LogP contribution in [-0.4, -0.2) is 54.7 Å². The van der Waals surface area contributed by atoms with Gasteiger partial charge in [-0.15, -0.1) is 0 Å². The van der Waals surface area contributed by atoms with E-state index < -0.39 is 5.97 Å². The van der Waals surface area contributed by atoms with Crippen molar-refractivity contribution in [3.63, 3.8) is 0 Å². The molecule has 116 valence electrons. The molecule has 6 nitrogen and oxygen atoms in total. The fourth-order valence-corrected chi connectivity index (χ4v) is 2.46. The van der Waals surface area contributed by atoms with Gasteiger partial charge < -0.3 is 20.6 Å². The van der Waals surface area contributed by atoms with E-state index in [1.807, 2.05) is 21.0 Å². The van der Waals surface area contributed by atoms with Gasteiger partial charge in [0.1, 0.15) is 0 Å².